The maximum atomic E-state index is 12.2. The van der Waals surface area contributed by atoms with Crippen molar-refractivity contribution < 1.29 is 9.53 Å². The molecule has 2 aromatic heterocycles. The molecule has 206 valence electrons. The minimum absolute atomic E-state index is 0.0452. The summed E-state index contributed by atoms with van der Waals surface area (Å²) in [5.74, 6) is 0.917. The van der Waals surface area contributed by atoms with Crippen molar-refractivity contribution in [3.8, 4) is 6.01 Å². The fourth-order valence-corrected chi connectivity index (χ4v) is 4.60. The fourth-order valence-electron chi connectivity index (χ4n) is 4.60. The number of piperidine rings is 1. The molecule has 4 N–H and O–H groups in total. The van der Waals surface area contributed by atoms with Crippen LogP contribution in [0.3, 0.4) is 0 Å². The predicted octanol–water partition coefficient (Wildman–Crippen LogP) is 4.18. The quantitative estimate of drug-likeness (QED) is 0.286. The van der Waals surface area contributed by atoms with E-state index < -0.39 is 0 Å². The number of fused-ring (bicyclic) bond motifs is 1. The molecule has 10 heteroatoms. The maximum Gasteiger partial charge on any atom is 0.322 e. The van der Waals surface area contributed by atoms with Crippen LogP contribution in [0.15, 0.2) is 30.5 Å². The van der Waals surface area contributed by atoms with Crippen LogP contribution in [0, 0.1) is 0 Å². The largest absolute Gasteiger partial charge is 0.460 e. The summed E-state index contributed by atoms with van der Waals surface area (Å²) in [5.41, 5.74) is 9.20. The number of amides is 1. The lowest BCUT2D eigenvalue weighted by Gasteiger charge is -2.28. The van der Waals surface area contributed by atoms with E-state index in [0.717, 1.165) is 74.1 Å². The maximum absolute atomic E-state index is 12.2. The first-order valence-corrected chi connectivity index (χ1v) is 13.9. The SMILES string of the molecule is CC(C)c1cnn2c(NCc3ccc(NC(=O)CCCCCCN)cc3)nc(OC3CCN(C)CC3)nc12. The van der Waals surface area contributed by atoms with Crippen LogP contribution in [0.5, 0.6) is 6.01 Å². The fraction of sp³-hybridized carbons (Fsp3) is 0.571. The second-order valence-corrected chi connectivity index (χ2v) is 10.5. The van der Waals surface area contributed by atoms with Gasteiger partial charge in [0, 0.05) is 37.3 Å². The van der Waals surface area contributed by atoms with Crippen molar-refractivity contribution in [1.29, 1.82) is 0 Å². The minimum atomic E-state index is 0.0452. The molecule has 1 aromatic carbocycles. The van der Waals surface area contributed by atoms with E-state index in [1.807, 2.05) is 30.5 Å². The Morgan fingerprint density at radius 1 is 1.11 bits per heavy atom. The topological polar surface area (TPSA) is 123 Å². The standard InChI is InChI=1S/C28H42N8O2/c1-20(2)24-19-31-36-26(24)33-28(38-23-13-16-35(3)17-14-23)34-27(36)30-18-21-9-11-22(12-10-21)32-25(37)8-6-4-5-7-15-29/h9-12,19-20,23H,4-8,13-18,29H2,1-3H3,(H,32,37)(H,30,33,34). The van der Waals surface area contributed by atoms with Crippen molar-refractivity contribution in [3.63, 3.8) is 0 Å². The number of unbranched alkanes of at least 4 members (excludes halogenated alkanes) is 3. The summed E-state index contributed by atoms with van der Waals surface area (Å²) in [6, 6.07) is 8.25. The minimum Gasteiger partial charge on any atom is -0.460 e. The number of ether oxygens (including phenoxy) is 1. The average Bonchev–Trinajstić information content (AvgIpc) is 3.34. The third kappa shape index (κ3) is 7.64. The van der Waals surface area contributed by atoms with Gasteiger partial charge in [-0.3, -0.25) is 4.79 Å². The molecule has 1 aliphatic heterocycles. The third-order valence-corrected chi connectivity index (χ3v) is 6.98. The summed E-state index contributed by atoms with van der Waals surface area (Å²) in [6.45, 7) is 7.54. The summed E-state index contributed by atoms with van der Waals surface area (Å²) in [5, 5.41) is 10.9. The normalized spacial score (nSPS) is 14.8. The van der Waals surface area contributed by atoms with Gasteiger partial charge in [-0.05, 0) is 62.9 Å². The van der Waals surface area contributed by atoms with Crippen molar-refractivity contribution in [1.82, 2.24) is 24.5 Å². The molecule has 10 nitrogen and oxygen atoms in total. The van der Waals surface area contributed by atoms with Gasteiger partial charge in [0.2, 0.25) is 11.9 Å². The number of benzene rings is 1. The summed E-state index contributed by atoms with van der Waals surface area (Å²) < 4.78 is 7.98. The highest BCUT2D eigenvalue weighted by molar-refractivity contribution is 5.90. The number of rotatable bonds is 13. The van der Waals surface area contributed by atoms with E-state index >= 15 is 0 Å². The lowest BCUT2D eigenvalue weighted by molar-refractivity contribution is -0.116. The lowest BCUT2D eigenvalue weighted by atomic mass is 10.1. The molecule has 1 saturated heterocycles. The van der Waals surface area contributed by atoms with E-state index in [2.05, 4.69) is 46.5 Å². The predicted molar refractivity (Wildman–Crippen MR) is 151 cm³/mol. The van der Waals surface area contributed by atoms with E-state index in [9.17, 15) is 4.79 Å². The van der Waals surface area contributed by atoms with Gasteiger partial charge < -0.3 is 26.0 Å². The van der Waals surface area contributed by atoms with Gasteiger partial charge in [-0.25, -0.2) is 0 Å². The molecule has 0 radical (unpaired) electrons. The van der Waals surface area contributed by atoms with Crippen LogP contribution >= 0.6 is 0 Å². The van der Waals surface area contributed by atoms with Crippen LogP contribution in [0.1, 0.15) is 75.8 Å². The number of hydrogen-bond acceptors (Lipinski definition) is 8. The van der Waals surface area contributed by atoms with Crippen LogP contribution < -0.4 is 21.1 Å². The Hall–Kier alpha value is -3.24. The Bertz CT molecular complexity index is 1170. The zero-order chi connectivity index (χ0) is 26.9. The second kappa shape index (κ2) is 13.5. The Kier molecular flexibility index (Phi) is 9.89. The Balaban J connectivity index is 1.39. The first kappa shape index (κ1) is 27.8. The van der Waals surface area contributed by atoms with E-state index in [-0.39, 0.29) is 17.9 Å². The molecule has 4 rings (SSSR count). The van der Waals surface area contributed by atoms with Gasteiger partial charge in [0.15, 0.2) is 5.65 Å². The van der Waals surface area contributed by atoms with Gasteiger partial charge in [0.05, 0.1) is 6.20 Å². The first-order valence-electron chi connectivity index (χ1n) is 13.9. The number of carbonyl (C=O) groups excluding carboxylic acids is 1. The molecule has 0 unspecified atom stereocenters. The highest BCUT2D eigenvalue weighted by Crippen LogP contribution is 2.24. The molecule has 1 fully saturated rings. The molecule has 0 spiro atoms. The zero-order valence-corrected chi connectivity index (χ0v) is 22.9. The van der Waals surface area contributed by atoms with Crippen LogP contribution in [0.4, 0.5) is 11.6 Å². The number of anilines is 2. The molecular formula is C28H42N8O2. The van der Waals surface area contributed by atoms with Gasteiger partial charge in [0.1, 0.15) is 6.10 Å². The van der Waals surface area contributed by atoms with Crippen molar-refractivity contribution in [2.45, 2.75) is 77.4 Å². The van der Waals surface area contributed by atoms with E-state index in [0.29, 0.717) is 31.5 Å². The number of carbonyl (C=O) groups is 1. The van der Waals surface area contributed by atoms with Crippen LogP contribution in [-0.4, -0.2) is 63.2 Å². The van der Waals surface area contributed by atoms with Crippen molar-refractivity contribution in [3.05, 3.63) is 41.6 Å². The second-order valence-electron chi connectivity index (χ2n) is 10.5. The van der Waals surface area contributed by atoms with Gasteiger partial charge in [-0.2, -0.15) is 19.6 Å². The Morgan fingerprint density at radius 2 is 1.84 bits per heavy atom. The van der Waals surface area contributed by atoms with Crippen molar-refractivity contribution in [2.75, 3.05) is 37.3 Å². The van der Waals surface area contributed by atoms with Crippen LogP contribution in [0.25, 0.3) is 5.65 Å². The molecule has 38 heavy (non-hydrogen) atoms. The smallest absolute Gasteiger partial charge is 0.322 e. The number of nitrogens with two attached hydrogens (primary N) is 1. The highest BCUT2D eigenvalue weighted by Gasteiger charge is 2.21. The van der Waals surface area contributed by atoms with Crippen molar-refractivity contribution in [2.24, 2.45) is 5.73 Å². The number of nitrogens with zero attached hydrogens (tertiary/aromatic N) is 5. The molecule has 0 bridgehead atoms. The summed E-state index contributed by atoms with van der Waals surface area (Å²) >= 11 is 0. The number of likely N-dealkylation sites (tertiary alicyclic amines) is 1. The molecule has 3 heterocycles. The molecule has 0 aliphatic carbocycles. The number of nitrogens with one attached hydrogen (secondary N) is 2. The monoisotopic (exact) mass is 522 g/mol. The van der Waals surface area contributed by atoms with Crippen LogP contribution in [0.2, 0.25) is 0 Å². The number of aromatic nitrogens is 4. The van der Waals surface area contributed by atoms with Gasteiger partial charge in [-0.15, -0.1) is 0 Å². The van der Waals surface area contributed by atoms with E-state index in [4.69, 9.17) is 15.5 Å². The highest BCUT2D eigenvalue weighted by atomic mass is 16.5. The summed E-state index contributed by atoms with van der Waals surface area (Å²) in [6.07, 6.45) is 8.43. The van der Waals surface area contributed by atoms with Gasteiger partial charge in [0.25, 0.3) is 0 Å². The molecule has 0 atom stereocenters. The van der Waals surface area contributed by atoms with Gasteiger partial charge >= 0.3 is 6.01 Å². The van der Waals surface area contributed by atoms with Crippen LogP contribution in [-0.2, 0) is 11.3 Å². The zero-order valence-electron chi connectivity index (χ0n) is 22.9. The van der Waals surface area contributed by atoms with Gasteiger partial charge in [-0.1, -0.05) is 38.8 Å². The molecule has 1 amide bonds. The molecule has 1 aliphatic rings. The average molecular weight is 523 g/mol. The number of hydrogen-bond donors (Lipinski definition) is 3. The van der Waals surface area contributed by atoms with Crippen molar-refractivity contribution >= 4 is 23.2 Å². The lowest BCUT2D eigenvalue weighted by Crippen LogP contribution is -2.36. The third-order valence-electron chi connectivity index (χ3n) is 6.98. The molecule has 0 saturated carbocycles. The first-order chi connectivity index (χ1) is 18.4. The Labute approximate surface area is 225 Å². The summed E-state index contributed by atoms with van der Waals surface area (Å²) in [7, 11) is 2.13. The molecular weight excluding hydrogens is 480 g/mol. The van der Waals surface area contributed by atoms with E-state index in [1.54, 1.807) is 4.52 Å². The van der Waals surface area contributed by atoms with E-state index in [1.165, 1.54) is 0 Å². The summed E-state index contributed by atoms with van der Waals surface area (Å²) in [4.78, 5) is 23.9. The molecule has 3 aromatic rings. The Morgan fingerprint density at radius 3 is 2.55 bits per heavy atom.